The summed E-state index contributed by atoms with van der Waals surface area (Å²) >= 11 is 0. The molecule has 1 aromatic rings. The Balaban J connectivity index is 1.96. The van der Waals surface area contributed by atoms with Gasteiger partial charge in [-0.3, -0.25) is 4.90 Å². The van der Waals surface area contributed by atoms with Gasteiger partial charge in [-0.2, -0.15) is 0 Å². The van der Waals surface area contributed by atoms with Crippen LogP contribution in [-0.4, -0.2) is 36.3 Å². The molecule has 1 fully saturated rings. The summed E-state index contributed by atoms with van der Waals surface area (Å²) in [5, 5.41) is 9.07. The molecule has 3 heteroatoms. The van der Waals surface area contributed by atoms with Crippen LogP contribution in [0.5, 0.6) is 0 Å². The van der Waals surface area contributed by atoms with E-state index in [0.29, 0.717) is 6.04 Å². The second-order valence-electron chi connectivity index (χ2n) is 5.52. The standard InChI is InChI=1S/C16H25NO2/c1-13(16-7-8-16)17(9-10-19-2)11-14-3-5-15(12-18)6-4-14/h3-6,13,16,18H,7-12H2,1-2H3. The van der Waals surface area contributed by atoms with Gasteiger partial charge in [0, 0.05) is 26.2 Å². The van der Waals surface area contributed by atoms with Gasteiger partial charge in [-0.25, -0.2) is 0 Å². The van der Waals surface area contributed by atoms with Gasteiger partial charge in [0.15, 0.2) is 0 Å². The highest BCUT2D eigenvalue weighted by Crippen LogP contribution is 2.35. The zero-order chi connectivity index (χ0) is 13.7. The number of aliphatic hydroxyl groups is 1. The molecule has 0 aromatic heterocycles. The summed E-state index contributed by atoms with van der Waals surface area (Å²) in [6.45, 7) is 5.18. The molecule has 0 amide bonds. The monoisotopic (exact) mass is 263 g/mol. The normalized spacial score (nSPS) is 16.8. The zero-order valence-electron chi connectivity index (χ0n) is 12.0. The van der Waals surface area contributed by atoms with E-state index in [1.807, 2.05) is 12.1 Å². The van der Waals surface area contributed by atoms with Gasteiger partial charge < -0.3 is 9.84 Å². The minimum Gasteiger partial charge on any atom is -0.392 e. The van der Waals surface area contributed by atoms with E-state index >= 15 is 0 Å². The van der Waals surface area contributed by atoms with Crippen LogP contribution in [0, 0.1) is 5.92 Å². The van der Waals surface area contributed by atoms with E-state index in [1.165, 1.54) is 18.4 Å². The largest absolute Gasteiger partial charge is 0.392 e. The fourth-order valence-corrected chi connectivity index (χ4v) is 2.50. The third-order valence-electron chi connectivity index (χ3n) is 4.05. The average Bonchev–Trinajstić information content (AvgIpc) is 3.28. The van der Waals surface area contributed by atoms with Crippen molar-refractivity contribution in [1.82, 2.24) is 4.90 Å². The number of aliphatic hydroxyl groups excluding tert-OH is 1. The molecule has 1 saturated carbocycles. The maximum atomic E-state index is 9.07. The highest BCUT2D eigenvalue weighted by atomic mass is 16.5. The van der Waals surface area contributed by atoms with Gasteiger partial charge in [0.05, 0.1) is 13.2 Å². The summed E-state index contributed by atoms with van der Waals surface area (Å²) in [6, 6.07) is 8.88. The van der Waals surface area contributed by atoms with Crippen molar-refractivity contribution in [3.63, 3.8) is 0 Å². The Labute approximate surface area is 116 Å². The third kappa shape index (κ3) is 4.30. The molecule has 0 radical (unpaired) electrons. The van der Waals surface area contributed by atoms with E-state index in [4.69, 9.17) is 9.84 Å². The van der Waals surface area contributed by atoms with E-state index in [2.05, 4.69) is 24.0 Å². The first-order chi connectivity index (χ1) is 9.24. The predicted octanol–water partition coefficient (Wildman–Crippen LogP) is 2.43. The third-order valence-corrected chi connectivity index (χ3v) is 4.05. The molecular weight excluding hydrogens is 238 g/mol. The molecule has 1 aliphatic rings. The molecular formula is C16H25NO2. The molecule has 0 aliphatic heterocycles. The Kier molecular flexibility index (Phi) is 5.37. The lowest BCUT2D eigenvalue weighted by molar-refractivity contribution is 0.111. The summed E-state index contributed by atoms with van der Waals surface area (Å²) in [6.07, 6.45) is 2.74. The van der Waals surface area contributed by atoms with Crippen molar-refractivity contribution in [3.05, 3.63) is 35.4 Å². The number of rotatable bonds is 8. The highest BCUT2D eigenvalue weighted by Gasteiger charge is 2.31. The minimum absolute atomic E-state index is 0.117. The summed E-state index contributed by atoms with van der Waals surface area (Å²) in [5.41, 5.74) is 2.28. The topological polar surface area (TPSA) is 32.7 Å². The molecule has 1 unspecified atom stereocenters. The molecule has 0 bridgehead atoms. The molecule has 19 heavy (non-hydrogen) atoms. The smallest absolute Gasteiger partial charge is 0.0681 e. The summed E-state index contributed by atoms with van der Waals surface area (Å²) in [5.74, 6) is 0.869. The molecule has 1 atom stereocenters. The Hall–Kier alpha value is -0.900. The van der Waals surface area contributed by atoms with Crippen LogP contribution in [-0.2, 0) is 17.9 Å². The van der Waals surface area contributed by atoms with Crippen LogP contribution in [0.4, 0.5) is 0 Å². The first kappa shape index (κ1) is 14.5. The molecule has 2 rings (SSSR count). The maximum absolute atomic E-state index is 9.07. The van der Waals surface area contributed by atoms with Crippen molar-refractivity contribution in [2.45, 2.75) is 39.0 Å². The molecule has 1 N–H and O–H groups in total. The van der Waals surface area contributed by atoms with Gasteiger partial charge >= 0.3 is 0 Å². The van der Waals surface area contributed by atoms with Crippen molar-refractivity contribution in [1.29, 1.82) is 0 Å². The number of benzene rings is 1. The molecule has 0 saturated heterocycles. The molecule has 1 aromatic carbocycles. The number of hydrogen-bond donors (Lipinski definition) is 1. The van der Waals surface area contributed by atoms with Gasteiger partial charge in [0.25, 0.3) is 0 Å². The van der Waals surface area contributed by atoms with Gasteiger partial charge in [0.2, 0.25) is 0 Å². The highest BCUT2D eigenvalue weighted by molar-refractivity contribution is 5.22. The molecule has 0 spiro atoms. The van der Waals surface area contributed by atoms with Gasteiger partial charge in [-0.1, -0.05) is 24.3 Å². The Morgan fingerprint density at radius 1 is 1.26 bits per heavy atom. The van der Waals surface area contributed by atoms with Crippen LogP contribution in [0.25, 0.3) is 0 Å². The van der Waals surface area contributed by atoms with Crippen LogP contribution in [0.15, 0.2) is 24.3 Å². The van der Waals surface area contributed by atoms with Crippen LogP contribution < -0.4 is 0 Å². The maximum Gasteiger partial charge on any atom is 0.0681 e. The number of hydrogen-bond acceptors (Lipinski definition) is 3. The lowest BCUT2D eigenvalue weighted by atomic mass is 10.1. The summed E-state index contributed by atoms with van der Waals surface area (Å²) in [4.78, 5) is 2.51. The molecule has 1 aliphatic carbocycles. The van der Waals surface area contributed by atoms with Crippen molar-refractivity contribution in [2.75, 3.05) is 20.3 Å². The SMILES string of the molecule is COCCN(Cc1ccc(CO)cc1)C(C)C1CC1. The van der Waals surface area contributed by atoms with Gasteiger partial charge in [0.1, 0.15) is 0 Å². The molecule has 0 heterocycles. The minimum atomic E-state index is 0.117. The van der Waals surface area contributed by atoms with Crippen LogP contribution in [0.2, 0.25) is 0 Å². The quantitative estimate of drug-likeness (QED) is 0.782. The van der Waals surface area contributed by atoms with E-state index in [0.717, 1.165) is 31.2 Å². The van der Waals surface area contributed by atoms with E-state index in [9.17, 15) is 0 Å². The van der Waals surface area contributed by atoms with Gasteiger partial charge in [-0.05, 0) is 36.8 Å². The van der Waals surface area contributed by atoms with E-state index < -0.39 is 0 Å². The number of ether oxygens (including phenoxy) is 1. The van der Waals surface area contributed by atoms with Crippen molar-refractivity contribution >= 4 is 0 Å². The first-order valence-electron chi connectivity index (χ1n) is 7.16. The fraction of sp³-hybridized carbons (Fsp3) is 0.625. The fourth-order valence-electron chi connectivity index (χ4n) is 2.50. The second kappa shape index (κ2) is 7.04. The van der Waals surface area contributed by atoms with E-state index in [1.54, 1.807) is 7.11 Å². The van der Waals surface area contributed by atoms with Crippen molar-refractivity contribution in [3.8, 4) is 0 Å². The Morgan fingerprint density at radius 2 is 1.89 bits per heavy atom. The van der Waals surface area contributed by atoms with Crippen molar-refractivity contribution in [2.24, 2.45) is 5.92 Å². The molecule has 106 valence electrons. The summed E-state index contributed by atoms with van der Waals surface area (Å²) in [7, 11) is 1.76. The molecule has 3 nitrogen and oxygen atoms in total. The Morgan fingerprint density at radius 3 is 2.42 bits per heavy atom. The number of nitrogens with zero attached hydrogens (tertiary/aromatic N) is 1. The van der Waals surface area contributed by atoms with Crippen LogP contribution >= 0.6 is 0 Å². The Bertz CT molecular complexity index is 373. The summed E-state index contributed by atoms with van der Waals surface area (Å²) < 4.78 is 5.22. The predicted molar refractivity (Wildman–Crippen MR) is 76.8 cm³/mol. The first-order valence-corrected chi connectivity index (χ1v) is 7.16. The van der Waals surface area contributed by atoms with Crippen LogP contribution in [0.1, 0.15) is 30.9 Å². The zero-order valence-corrected chi connectivity index (χ0v) is 12.0. The van der Waals surface area contributed by atoms with Crippen LogP contribution in [0.3, 0.4) is 0 Å². The average molecular weight is 263 g/mol. The lowest BCUT2D eigenvalue weighted by Gasteiger charge is -2.29. The van der Waals surface area contributed by atoms with E-state index in [-0.39, 0.29) is 6.61 Å². The lowest BCUT2D eigenvalue weighted by Crippen LogP contribution is -2.36. The number of methoxy groups -OCH3 is 1. The van der Waals surface area contributed by atoms with Crippen molar-refractivity contribution < 1.29 is 9.84 Å². The second-order valence-corrected chi connectivity index (χ2v) is 5.52. The van der Waals surface area contributed by atoms with Gasteiger partial charge in [-0.15, -0.1) is 0 Å².